The van der Waals surface area contributed by atoms with Gasteiger partial charge >= 0.3 is 0 Å². The van der Waals surface area contributed by atoms with Gasteiger partial charge in [-0.3, -0.25) is 0 Å². The van der Waals surface area contributed by atoms with Gasteiger partial charge in [-0.25, -0.2) is 0 Å². The van der Waals surface area contributed by atoms with Crippen LogP contribution in [0, 0.1) is 11.8 Å². The molecule has 1 heterocycles. The Balaban J connectivity index is 2.28. The van der Waals surface area contributed by atoms with E-state index in [1.165, 1.54) is 32.4 Å². The Morgan fingerprint density at radius 2 is 1.74 bits per heavy atom. The summed E-state index contributed by atoms with van der Waals surface area (Å²) in [6.07, 6.45) is 5.07. The molecule has 1 unspecified atom stereocenters. The van der Waals surface area contributed by atoms with E-state index in [1.54, 1.807) is 0 Å². The van der Waals surface area contributed by atoms with Crippen LogP contribution in [0.2, 0.25) is 0 Å². The maximum Gasteiger partial charge on any atom is 0.158 e. The average molecular weight is 271 g/mol. The van der Waals surface area contributed by atoms with Crippen molar-refractivity contribution in [2.45, 2.75) is 59.7 Å². The van der Waals surface area contributed by atoms with Crippen molar-refractivity contribution < 1.29 is 9.47 Å². The van der Waals surface area contributed by atoms with E-state index in [9.17, 15) is 0 Å². The molecule has 0 aromatic carbocycles. The summed E-state index contributed by atoms with van der Waals surface area (Å²) in [5.74, 6) is 1.75. The Morgan fingerprint density at radius 1 is 1.05 bits per heavy atom. The van der Waals surface area contributed by atoms with Gasteiger partial charge in [0.2, 0.25) is 0 Å². The average Bonchev–Trinajstić information content (AvgIpc) is 2.62. The van der Waals surface area contributed by atoms with Crippen molar-refractivity contribution in [3.63, 3.8) is 0 Å². The van der Waals surface area contributed by atoms with Crippen molar-refractivity contribution in [2.75, 3.05) is 32.8 Å². The molecule has 1 saturated heterocycles. The minimum atomic E-state index is -0.0147. The molecular weight excluding hydrogens is 238 g/mol. The Labute approximate surface area is 119 Å². The first-order chi connectivity index (χ1) is 9.17. The molecule has 0 radical (unpaired) electrons. The van der Waals surface area contributed by atoms with Crippen molar-refractivity contribution in [1.82, 2.24) is 4.90 Å². The molecule has 3 nitrogen and oxygen atoms in total. The van der Waals surface area contributed by atoms with E-state index >= 15 is 0 Å². The molecule has 1 rings (SSSR count). The largest absolute Gasteiger partial charge is 0.353 e. The fraction of sp³-hybridized carbons (Fsp3) is 1.00. The van der Waals surface area contributed by atoms with Gasteiger partial charge in [0.05, 0.1) is 0 Å². The quantitative estimate of drug-likeness (QED) is 0.630. The van der Waals surface area contributed by atoms with Crippen LogP contribution in [0.1, 0.15) is 53.4 Å². The first kappa shape index (κ1) is 16.9. The lowest BCUT2D eigenvalue weighted by molar-refractivity contribution is -0.141. The number of hydrogen-bond donors (Lipinski definition) is 0. The number of ether oxygens (including phenoxy) is 2. The fourth-order valence-corrected chi connectivity index (χ4v) is 2.95. The summed E-state index contributed by atoms with van der Waals surface area (Å²) >= 11 is 0. The van der Waals surface area contributed by atoms with Crippen molar-refractivity contribution in [2.24, 2.45) is 11.8 Å². The van der Waals surface area contributed by atoms with E-state index in [1.807, 2.05) is 13.8 Å². The monoisotopic (exact) mass is 271 g/mol. The number of likely N-dealkylation sites (tertiary alicyclic amines) is 1. The van der Waals surface area contributed by atoms with Crippen LogP contribution in [-0.4, -0.2) is 44.0 Å². The molecule has 0 aromatic rings. The minimum absolute atomic E-state index is 0.0147. The molecule has 0 spiro atoms. The summed E-state index contributed by atoms with van der Waals surface area (Å²) in [7, 11) is 0. The summed E-state index contributed by atoms with van der Waals surface area (Å²) < 4.78 is 11.2. The maximum atomic E-state index is 5.62. The summed E-state index contributed by atoms with van der Waals surface area (Å²) in [6.45, 7) is 13.9. The molecule has 0 N–H and O–H groups in total. The Hall–Kier alpha value is -0.120. The standard InChI is InChI=1S/C16H33NO2/c1-5-18-16(19-6-2)10-13-17-11-7-8-15(9-12-17)14(3)4/h14-16H,5-13H2,1-4H3. The van der Waals surface area contributed by atoms with Gasteiger partial charge in [0, 0.05) is 26.2 Å². The van der Waals surface area contributed by atoms with Crippen LogP contribution < -0.4 is 0 Å². The van der Waals surface area contributed by atoms with Gasteiger partial charge in [-0.2, -0.15) is 0 Å². The second-order valence-corrected chi connectivity index (χ2v) is 5.91. The second-order valence-electron chi connectivity index (χ2n) is 5.91. The van der Waals surface area contributed by atoms with E-state index in [-0.39, 0.29) is 6.29 Å². The first-order valence-corrected chi connectivity index (χ1v) is 8.12. The van der Waals surface area contributed by atoms with Crippen LogP contribution >= 0.6 is 0 Å². The lowest BCUT2D eigenvalue weighted by atomic mass is 9.89. The number of nitrogens with zero attached hydrogens (tertiary/aromatic N) is 1. The smallest absolute Gasteiger partial charge is 0.158 e. The first-order valence-electron chi connectivity index (χ1n) is 8.12. The molecule has 114 valence electrons. The zero-order chi connectivity index (χ0) is 14.1. The second kappa shape index (κ2) is 9.73. The van der Waals surface area contributed by atoms with E-state index in [0.717, 1.165) is 38.0 Å². The van der Waals surface area contributed by atoms with Gasteiger partial charge in [-0.15, -0.1) is 0 Å². The third-order valence-corrected chi connectivity index (χ3v) is 4.19. The number of rotatable bonds is 8. The molecule has 1 fully saturated rings. The minimum Gasteiger partial charge on any atom is -0.353 e. The third-order valence-electron chi connectivity index (χ3n) is 4.19. The van der Waals surface area contributed by atoms with Crippen LogP contribution in [0.15, 0.2) is 0 Å². The van der Waals surface area contributed by atoms with Crippen LogP contribution in [-0.2, 0) is 9.47 Å². The highest BCUT2D eigenvalue weighted by atomic mass is 16.7. The molecule has 0 amide bonds. The maximum absolute atomic E-state index is 5.62. The molecular formula is C16H33NO2. The van der Waals surface area contributed by atoms with Gasteiger partial charge in [-0.05, 0) is 58.0 Å². The molecule has 0 saturated carbocycles. The van der Waals surface area contributed by atoms with Gasteiger partial charge in [0.15, 0.2) is 6.29 Å². The SMILES string of the molecule is CCOC(CCN1CCCC(C(C)C)CC1)OCC. The summed E-state index contributed by atoms with van der Waals surface area (Å²) in [4.78, 5) is 2.59. The summed E-state index contributed by atoms with van der Waals surface area (Å²) in [6, 6.07) is 0. The van der Waals surface area contributed by atoms with Crippen LogP contribution in [0.3, 0.4) is 0 Å². The van der Waals surface area contributed by atoms with E-state index in [2.05, 4.69) is 18.7 Å². The Bertz CT molecular complexity index is 215. The van der Waals surface area contributed by atoms with Gasteiger partial charge in [0.25, 0.3) is 0 Å². The van der Waals surface area contributed by atoms with E-state index in [0.29, 0.717) is 0 Å². The van der Waals surface area contributed by atoms with Crippen molar-refractivity contribution in [3.8, 4) is 0 Å². The third kappa shape index (κ3) is 6.73. The zero-order valence-corrected chi connectivity index (χ0v) is 13.4. The zero-order valence-electron chi connectivity index (χ0n) is 13.4. The van der Waals surface area contributed by atoms with Crippen molar-refractivity contribution in [1.29, 1.82) is 0 Å². The van der Waals surface area contributed by atoms with E-state index in [4.69, 9.17) is 9.47 Å². The summed E-state index contributed by atoms with van der Waals surface area (Å²) in [5, 5.41) is 0. The normalized spacial score (nSPS) is 22.1. The molecule has 1 atom stereocenters. The van der Waals surface area contributed by atoms with Gasteiger partial charge in [-0.1, -0.05) is 13.8 Å². The van der Waals surface area contributed by atoms with E-state index < -0.39 is 0 Å². The van der Waals surface area contributed by atoms with Crippen molar-refractivity contribution >= 4 is 0 Å². The Kier molecular flexibility index (Phi) is 8.67. The fourth-order valence-electron chi connectivity index (χ4n) is 2.95. The highest BCUT2D eigenvalue weighted by Crippen LogP contribution is 2.24. The molecule has 1 aliphatic heterocycles. The molecule has 3 heteroatoms. The molecule has 19 heavy (non-hydrogen) atoms. The Morgan fingerprint density at radius 3 is 2.32 bits per heavy atom. The molecule has 0 aromatic heterocycles. The predicted molar refractivity (Wildman–Crippen MR) is 80.3 cm³/mol. The molecule has 1 aliphatic rings. The highest BCUT2D eigenvalue weighted by molar-refractivity contribution is 4.72. The molecule has 0 bridgehead atoms. The van der Waals surface area contributed by atoms with Gasteiger partial charge in [0.1, 0.15) is 0 Å². The van der Waals surface area contributed by atoms with Crippen LogP contribution in [0.25, 0.3) is 0 Å². The van der Waals surface area contributed by atoms with Gasteiger partial charge < -0.3 is 14.4 Å². The summed E-state index contributed by atoms with van der Waals surface area (Å²) in [5.41, 5.74) is 0. The number of hydrogen-bond acceptors (Lipinski definition) is 3. The predicted octanol–water partition coefficient (Wildman–Crippen LogP) is 3.53. The highest BCUT2D eigenvalue weighted by Gasteiger charge is 2.20. The topological polar surface area (TPSA) is 21.7 Å². The molecule has 0 aliphatic carbocycles. The van der Waals surface area contributed by atoms with Crippen LogP contribution in [0.5, 0.6) is 0 Å². The lowest BCUT2D eigenvalue weighted by Crippen LogP contribution is -2.30. The van der Waals surface area contributed by atoms with Crippen molar-refractivity contribution in [3.05, 3.63) is 0 Å². The lowest BCUT2D eigenvalue weighted by Gasteiger charge is -2.24. The van der Waals surface area contributed by atoms with Crippen LogP contribution in [0.4, 0.5) is 0 Å².